The number of rotatable bonds is 4. The van der Waals surface area contributed by atoms with Gasteiger partial charge in [0.1, 0.15) is 6.33 Å². The quantitative estimate of drug-likeness (QED) is 0.207. The lowest BCUT2D eigenvalue weighted by molar-refractivity contribution is 0.953. The molecule has 0 unspecified atom stereocenters. The van der Waals surface area contributed by atoms with Gasteiger partial charge in [0.15, 0.2) is 11.6 Å². The molecule has 0 saturated heterocycles. The summed E-state index contributed by atoms with van der Waals surface area (Å²) in [6, 6.07) is 41.7. The summed E-state index contributed by atoms with van der Waals surface area (Å²) in [7, 11) is 0. The van der Waals surface area contributed by atoms with Crippen molar-refractivity contribution in [3.8, 4) is 39.9 Å². The molecule has 0 radical (unpaired) electrons. The third-order valence-corrected chi connectivity index (χ3v) is 9.12. The predicted molar refractivity (Wildman–Crippen MR) is 179 cm³/mol. The second-order valence-electron chi connectivity index (χ2n) is 10.6. The molecule has 0 fully saturated rings. The zero-order chi connectivity index (χ0) is 29.0. The van der Waals surface area contributed by atoms with Crippen molar-refractivity contribution in [2.24, 2.45) is 0 Å². The van der Waals surface area contributed by atoms with Crippen molar-refractivity contribution in [1.29, 1.82) is 0 Å². The molecule has 6 nitrogen and oxygen atoms in total. The van der Waals surface area contributed by atoms with E-state index in [0.717, 1.165) is 54.1 Å². The maximum absolute atomic E-state index is 5.12. The first-order chi connectivity index (χ1) is 21.8. The Morgan fingerprint density at radius 2 is 1.14 bits per heavy atom. The second kappa shape index (κ2) is 9.90. The average Bonchev–Trinajstić information content (AvgIpc) is 3.64. The second-order valence-corrected chi connectivity index (χ2v) is 11.7. The number of hydrogen-bond acceptors (Lipinski definition) is 6. The first-order valence-electron chi connectivity index (χ1n) is 14.3. The molecule has 0 saturated carbocycles. The molecule has 5 aromatic carbocycles. The van der Waals surface area contributed by atoms with Gasteiger partial charge < -0.3 is 0 Å². The Balaban J connectivity index is 1.32. The minimum atomic E-state index is 0.570. The van der Waals surface area contributed by atoms with E-state index in [1.54, 1.807) is 17.7 Å². The van der Waals surface area contributed by atoms with Crippen LogP contribution >= 0.6 is 11.3 Å². The van der Waals surface area contributed by atoms with Gasteiger partial charge in [-0.1, -0.05) is 103 Å². The third-order valence-electron chi connectivity index (χ3n) is 8.04. The Morgan fingerprint density at radius 1 is 0.500 bits per heavy atom. The van der Waals surface area contributed by atoms with E-state index < -0.39 is 0 Å². The van der Waals surface area contributed by atoms with Crippen LogP contribution in [0.25, 0.3) is 82.0 Å². The van der Waals surface area contributed by atoms with Gasteiger partial charge in [-0.05, 0) is 29.3 Å². The molecule has 206 valence electrons. The molecule has 0 amide bonds. The van der Waals surface area contributed by atoms with Crippen LogP contribution in [-0.4, -0.2) is 29.5 Å². The SMILES string of the molecule is c1ccc(-c2ccc(-c3nc(-c4ccccc4)nc(-n4c5ccccc5c5c6c(ccc54)sc4cncnc46)n3)cc2)cc1. The Morgan fingerprint density at radius 3 is 1.91 bits per heavy atom. The van der Waals surface area contributed by atoms with Crippen molar-refractivity contribution in [1.82, 2.24) is 29.5 Å². The summed E-state index contributed by atoms with van der Waals surface area (Å²) in [5, 5.41) is 3.40. The van der Waals surface area contributed by atoms with Gasteiger partial charge in [0, 0.05) is 38.2 Å². The van der Waals surface area contributed by atoms with Crippen LogP contribution in [0.2, 0.25) is 0 Å². The van der Waals surface area contributed by atoms with Gasteiger partial charge in [0.05, 0.1) is 21.3 Å². The monoisotopic (exact) mass is 582 g/mol. The fraction of sp³-hybridized carbons (Fsp3) is 0. The summed E-state index contributed by atoms with van der Waals surface area (Å²) in [5.74, 6) is 1.81. The van der Waals surface area contributed by atoms with Gasteiger partial charge in [-0.25, -0.2) is 15.0 Å². The summed E-state index contributed by atoms with van der Waals surface area (Å²) in [5.41, 5.74) is 7.18. The number of aromatic nitrogens is 6. The molecule has 0 aliphatic rings. The Kier molecular flexibility index (Phi) is 5.57. The first-order valence-corrected chi connectivity index (χ1v) is 15.2. The van der Waals surface area contributed by atoms with Crippen molar-refractivity contribution in [2.75, 3.05) is 0 Å². The number of hydrogen-bond donors (Lipinski definition) is 0. The summed E-state index contributed by atoms with van der Waals surface area (Å²) in [4.78, 5) is 24.1. The fourth-order valence-corrected chi connectivity index (χ4v) is 7.07. The van der Waals surface area contributed by atoms with Crippen LogP contribution in [0.3, 0.4) is 0 Å². The predicted octanol–water partition coefficient (Wildman–Crippen LogP) is 9.13. The first kappa shape index (κ1) is 24.8. The summed E-state index contributed by atoms with van der Waals surface area (Å²) < 4.78 is 4.40. The highest BCUT2D eigenvalue weighted by molar-refractivity contribution is 7.25. The molecule has 44 heavy (non-hydrogen) atoms. The van der Waals surface area contributed by atoms with E-state index in [2.05, 4.69) is 94.5 Å². The molecule has 7 heteroatoms. The molecule has 4 heterocycles. The van der Waals surface area contributed by atoms with Gasteiger partial charge in [0.2, 0.25) is 5.95 Å². The third kappa shape index (κ3) is 3.91. The number of benzene rings is 5. The maximum Gasteiger partial charge on any atom is 0.238 e. The van der Waals surface area contributed by atoms with Crippen molar-refractivity contribution < 1.29 is 0 Å². The van der Waals surface area contributed by atoms with E-state index in [1.807, 2.05) is 42.6 Å². The van der Waals surface area contributed by atoms with E-state index in [4.69, 9.17) is 19.9 Å². The molecule has 4 aromatic heterocycles. The highest BCUT2D eigenvalue weighted by Gasteiger charge is 2.21. The van der Waals surface area contributed by atoms with Crippen molar-refractivity contribution in [3.05, 3.63) is 134 Å². The lowest BCUT2D eigenvalue weighted by Gasteiger charge is -2.11. The van der Waals surface area contributed by atoms with Gasteiger partial charge in [0.25, 0.3) is 0 Å². The van der Waals surface area contributed by atoms with Crippen molar-refractivity contribution >= 4 is 53.4 Å². The summed E-state index contributed by atoms with van der Waals surface area (Å²) in [6.07, 6.45) is 3.52. The number of nitrogens with zero attached hydrogens (tertiary/aromatic N) is 6. The molecular weight excluding hydrogens is 561 g/mol. The molecule has 0 spiro atoms. The molecule has 0 aliphatic carbocycles. The molecule has 9 rings (SSSR count). The zero-order valence-corrected chi connectivity index (χ0v) is 24.1. The van der Waals surface area contributed by atoms with Crippen LogP contribution in [0, 0.1) is 0 Å². The Hall–Kier alpha value is -5.79. The van der Waals surface area contributed by atoms with Crippen molar-refractivity contribution in [2.45, 2.75) is 0 Å². The molecule has 9 aromatic rings. The van der Waals surface area contributed by atoms with Gasteiger partial charge in [-0.3, -0.25) is 4.57 Å². The van der Waals surface area contributed by atoms with Crippen LogP contribution in [0.1, 0.15) is 0 Å². The molecule has 0 bridgehead atoms. The van der Waals surface area contributed by atoms with Gasteiger partial charge in [-0.2, -0.15) is 9.97 Å². The van der Waals surface area contributed by atoms with E-state index in [9.17, 15) is 0 Å². The van der Waals surface area contributed by atoms with Gasteiger partial charge in [-0.15, -0.1) is 11.3 Å². The highest BCUT2D eigenvalue weighted by Crippen LogP contribution is 2.42. The standard InChI is InChI=1S/C37H22N6S/c1-3-9-23(10-4-1)24-15-17-26(18-16-24)36-40-35(25-11-5-2-6-12-25)41-37(42-36)43-28-14-8-7-13-27(28)32-29(43)19-20-30-33(32)34-31(44-30)21-38-22-39-34/h1-22H. The normalized spacial score (nSPS) is 11.6. The molecule has 0 aliphatic heterocycles. The Bertz CT molecular complexity index is 2480. The summed E-state index contributed by atoms with van der Waals surface area (Å²) in [6.45, 7) is 0. The number of fused-ring (bicyclic) bond motifs is 7. The zero-order valence-electron chi connectivity index (χ0n) is 23.3. The maximum atomic E-state index is 5.12. The van der Waals surface area contributed by atoms with E-state index >= 15 is 0 Å². The highest BCUT2D eigenvalue weighted by atomic mass is 32.1. The van der Waals surface area contributed by atoms with Crippen LogP contribution in [0.4, 0.5) is 0 Å². The number of thiophene rings is 1. The smallest absolute Gasteiger partial charge is 0.238 e. The summed E-state index contributed by atoms with van der Waals surface area (Å²) >= 11 is 1.71. The van der Waals surface area contributed by atoms with E-state index in [1.165, 1.54) is 10.3 Å². The fourth-order valence-electron chi connectivity index (χ4n) is 6.03. The largest absolute Gasteiger partial charge is 0.278 e. The molecule has 0 N–H and O–H groups in total. The van der Waals surface area contributed by atoms with Crippen LogP contribution in [0.5, 0.6) is 0 Å². The van der Waals surface area contributed by atoms with E-state index in [0.29, 0.717) is 17.6 Å². The van der Waals surface area contributed by atoms with Crippen LogP contribution in [-0.2, 0) is 0 Å². The van der Waals surface area contributed by atoms with Gasteiger partial charge >= 0.3 is 0 Å². The van der Waals surface area contributed by atoms with Crippen molar-refractivity contribution in [3.63, 3.8) is 0 Å². The number of para-hydroxylation sites is 1. The lowest BCUT2D eigenvalue weighted by atomic mass is 10.0. The lowest BCUT2D eigenvalue weighted by Crippen LogP contribution is -2.06. The molecule has 0 atom stereocenters. The topological polar surface area (TPSA) is 69.4 Å². The minimum Gasteiger partial charge on any atom is -0.278 e. The average molecular weight is 583 g/mol. The van der Waals surface area contributed by atoms with Crippen LogP contribution in [0.15, 0.2) is 134 Å². The molecular formula is C37H22N6S. The van der Waals surface area contributed by atoms with E-state index in [-0.39, 0.29) is 0 Å². The minimum absolute atomic E-state index is 0.570. The van der Waals surface area contributed by atoms with Crippen LogP contribution < -0.4 is 0 Å². The Labute approximate surface area is 256 Å².